The summed E-state index contributed by atoms with van der Waals surface area (Å²) in [5.41, 5.74) is 4.60. The van der Waals surface area contributed by atoms with Gasteiger partial charge in [-0.2, -0.15) is 5.10 Å². The predicted molar refractivity (Wildman–Crippen MR) is 95.6 cm³/mol. The number of nitrogens with one attached hydrogen (secondary N) is 1. The van der Waals surface area contributed by atoms with Gasteiger partial charge in [0.05, 0.1) is 5.69 Å². The van der Waals surface area contributed by atoms with Crippen LogP contribution in [0.5, 0.6) is 0 Å². The van der Waals surface area contributed by atoms with Crippen molar-refractivity contribution in [2.45, 2.75) is 26.8 Å². The molecule has 2 aromatic rings. The third kappa shape index (κ3) is 4.34. The van der Waals surface area contributed by atoms with Gasteiger partial charge in [0.25, 0.3) is 0 Å². The van der Waals surface area contributed by atoms with Gasteiger partial charge in [-0.05, 0) is 43.5 Å². The van der Waals surface area contributed by atoms with E-state index in [1.807, 2.05) is 30.6 Å². The van der Waals surface area contributed by atoms with Crippen LogP contribution in [0.15, 0.2) is 29.3 Å². The fraction of sp³-hybridized carbons (Fsp3) is 0.444. The van der Waals surface area contributed by atoms with Crippen molar-refractivity contribution in [2.75, 3.05) is 20.6 Å². The molecule has 1 heterocycles. The van der Waals surface area contributed by atoms with Gasteiger partial charge in [0, 0.05) is 39.9 Å². The molecule has 0 bridgehead atoms. The Morgan fingerprint density at radius 1 is 1.29 bits per heavy atom. The number of aryl methyl sites for hydroxylation is 2. The molecular formula is C18H26FN5. The summed E-state index contributed by atoms with van der Waals surface area (Å²) in [5.74, 6) is 0.602. The summed E-state index contributed by atoms with van der Waals surface area (Å²) in [4.78, 5) is 6.34. The second-order valence-electron chi connectivity index (χ2n) is 5.98. The first-order valence-corrected chi connectivity index (χ1v) is 8.07. The molecule has 0 aliphatic rings. The predicted octanol–water partition coefficient (Wildman–Crippen LogP) is 2.43. The monoisotopic (exact) mass is 331 g/mol. The Morgan fingerprint density at radius 2 is 1.96 bits per heavy atom. The number of benzene rings is 1. The van der Waals surface area contributed by atoms with E-state index in [0.29, 0.717) is 6.54 Å². The van der Waals surface area contributed by atoms with Gasteiger partial charge < -0.3 is 10.2 Å². The highest BCUT2D eigenvalue weighted by atomic mass is 19.1. The van der Waals surface area contributed by atoms with Crippen LogP contribution in [-0.2, 0) is 20.0 Å². The first-order chi connectivity index (χ1) is 11.4. The third-order valence-corrected chi connectivity index (χ3v) is 4.22. The molecule has 0 aliphatic heterocycles. The van der Waals surface area contributed by atoms with Crippen molar-refractivity contribution in [1.82, 2.24) is 20.0 Å². The SMILES string of the molecule is CN=C(NCCc1c(C)nn(C)c1C)N(C)Cc1ccc(F)cc1. The summed E-state index contributed by atoms with van der Waals surface area (Å²) in [6, 6.07) is 6.55. The van der Waals surface area contributed by atoms with Crippen molar-refractivity contribution in [3.05, 3.63) is 52.6 Å². The Kier molecular flexibility index (Phi) is 5.95. The molecule has 0 aliphatic carbocycles. The van der Waals surface area contributed by atoms with Crippen LogP contribution in [0.4, 0.5) is 4.39 Å². The zero-order valence-electron chi connectivity index (χ0n) is 15.1. The van der Waals surface area contributed by atoms with E-state index in [9.17, 15) is 4.39 Å². The van der Waals surface area contributed by atoms with Crippen molar-refractivity contribution >= 4 is 5.96 Å². The van der Waals surface area contributed by atoms with E-state index < -0.39 is 0 Å². The number of aromatic nitrogens is 2. The maximum atomic E-state index is 13.0. The zero-order chi connectivity index (χ0) is 17.7. The van der Waals surface area contributed by atoms with Gasteiger partial charge in [-0.1, -0.05) is 12.1 Å². The van der Waals surface area contributed by atoms with Crippen LogP contribution in [0, 0.1) is 19.7 Å². The number of rotatable bonds is 5. The van der Waals surface area contributed by atoms with Crippen LogP contribution < -0.4 is 5.32 Å². The first-order valence-electron chi connectivity index (χ1n) is 8.07. The molecule has 5 nitrogen and oxygen atoms in total. The second kappa shape index (κ2) is 7.95. The van der Waals surface area contributed by atoms with Crippen molar-refractivity contribution in [3.8, 4) is 0 Å². The molecule has 130 valence electrons. The molecule has 6 heteroatoms. The number of guanidine groups is 1. The molecule has 24 heavy (non-hydrogen) atoms. The summed E-state index contributed by atoms with van der Waals surface area (Å²) in [6.45, 7) is 5.58. The minimum Gasteiger partial charge on any atom is -0.356 e. The first kappa shape index (κ1) is 18.0. The lowest BCUT2D eigenvalue weighted by Gasteiger charge is -2.22. The van der Waals surface area contributed by atoms with Crippen LogP contribution in [0.25, 0.3) is 0 Å². The number of halogens is 1. The average molecular weight is 331 g/mol. The van der Waals surface area contributed by atoms with E-state index >= 15 is 0 Å². The fourth-order valence-corrected chi connectivity index (χ4v) is 2.80. The molecule has 0 radical (unpaired) electrons. The lowest BCUT2D eigenvalue weighted by Crippen LogP contribution is -2.39. The summed E-state index contributed by atoms with van der Waals surface area (Å²) >= 11 is 0. The van der Waals surface area contributed by atoms with Crippen molar-refractivity contribution in [2.24, 2.45) is 12.0 Å². The maximum absolute atomic E-state index is 13.0. The topological polar surface area (TPSA) is 45.5 Å². The average Bonchev–Trinajstić information content (AvgIpc) is 2.79. The molecule has 0 unspecified atom stereocenters. The molecule has 1 aromatic heterocycles. The van der Waals surface area contributed by atoms with Crippen molar-refractivity contribution < 1.29 is 4.39 Å². The minimum atomic E-state index is -0.217. The number of aliphatic imine (C=N–C) groups is 1. The molecule has 2 rings (SSSR count). The normalized spacial score (nSPS) is 11.7. The highest BCUT2D eigenvalue weighted by Gasteiger charge is 2.10. The lowest BCUT2D eigenvalue weighted by atomic mass is 10.1. The summed E-state index contributed by atoms with van der Waals surface area (Å²) in [5, 5.41) is 7.82. The van der Waals surface area contributed by atoms with Crippen LogP contribution in [0.3, 0.4) is 0 Å². The van der Waals surface area contributed by atoms with Gasteiger partial charge in [0.2, 0.25) is 0 Å². The van der Waals surface area contributed by atoms with Crippen LogP contribution in [-0.4, -0.2) is 41.3 Å². The third-order valence-electron chi connectivity index (χ3n) is 4.22. The molecule has 0 fully saturated rings. The largest absolute Gasteiger partial charge is 0.356 e. The van der Waals surface area contributed by atoms with Crippen LogP contribution >= 0.6 is 0 Å². The van der Waals surface area contributed by atoms with Crippen molar-refractivity contribution in [1.29, 1.82) is 0 Å². The van der Waals surface area contributed by atoms with Gasteiger partial charge in [-0.3, -0.25) is 9.67 Å². The van der Waals surface area contributed by atoms with Gasteiger partial charge >= 0.3 is 0 Å². The zero-order valence-corrected chi connectivity index (χ0v) is 15.1. The smallest absolute Gasteiger partial charge is 0.193 e. The molecular weight excluding hydrogens is 305 g/mol. The Labute approximate surface area is 143 Å². The molecule has 0 saturated carbocycles. The molecule has 0 atom stereocenters. The van der Waals surface area contributed by atoms with Gasteiger partial charge in [-0.15, -0.1) is 0 Å². The Hall–Kier alpha value is -2.37. The van der Waals surface area contributed by atoms with Gasteiger partial charge in [-0.25, -0.2) is 4.39 Å². The van der Waals surface area contributed by atoms with E-state index in [0.717, 1.165) is 30.2 Å². The number of hydrogen-bond donors (Lipinski definition) is 1. The van der Waals surface area contributed by atoms with E-state index in [1.54, 1.807) is 19.2 Å². The Morgan fingerprint density at radius 3 is 2.50 bits per heavy atom. The van der Waals surface area contributed by atoms with E-state index in [2.05, 4.69) is 22.3 Å². The van der Waals surface area contributed by atoms with E-state index in [4.69, 9.17) is 0 Å². The van der Waals surface area contributed by atoms with E-state index in [-0.39, 0.29) is 5.82 Å². The molecule has 0 saturated heterocycles. The lowest BCUT2D eigenvalue weighted by molar-refractivity contribution is 0.476. The second-order valence-corrected chi connectivity index (χ2v) is 5.98. The highest BCUT2D eigenvalue weighted by molar-refractivity contribution is 5.79. The van der Waals surface area contributed by atoms with E-state index in [1.165, 1.54) is 23.4 Å². The quantitative estimate of drug-likeness (QED) is 0.676. The Bertz CT molecular complexity index is 703. The summed E-state index contributed by atoms with van der Waals surface area (Å²) in [7, 11) is 5.71. The maximum Gasteiger partial charge on any atom is 0.193 e. The summed E-state index contributed by atoms with van der Waals surface area (Å²) < 4.78 is 14.9. The molecule has 0 spiro atoms. The fourth-order valence-electron chi connectivity index (χ4n) is 2.80. The highest BCUT2D eigenvalue weighted by Crippen LogP contribution is 2.12. The molecule has 1 aromatic carbocycles. The summed E-state index contributed by atoms with van der Waals surface area (Å²) in [6.07, 6.45) is 0.898. The van der Waals surface area contributed by atoms with Gasteiger partial charge in [0.1, 0.15) is 5.82 Å². The van der Waals surface area contributed by atoms with Crippen LogP contribution in [0.1, 0.15) is 22.5 Å². The van der Waals surface area contributed by atoms with Crippen LogP contribution in [0.2, 0.25) is 0 Å². The Balaban J connectivity index is 1.90. The van der Waals surface area contributed by atoms with Gasteiger partial charge in [0.15, 0.2) is 5.96 Å². The molecule has 1 N–H and O–H groups in total. The number of hydrogen-bond acceptors (Lipinski definition) is 2. The number of nitrogens with zero attached hydrogens (tertiary/aromatic N) is 4. The van der Waals surface area contributed by atoms with Crippen molar-refractivity contribution in [3.63, 3.8) is 0 Å². The standard InChI is InChI=1S/C18H26FN5/c1-13-17(14(2)24(5)22-13)10-11-21-18(20-3)23(4)12-15-6-8-16(19)9-7-15/h6-9H,10-12H2,1-5H3,(H,20,21). The molecule has 0 amide bonds. The minimum absolute atomic E-state index is 0.217.